The van der Waals surface area contributed by atoms with Crippen LogP contribution in [-0.2, 0) is 10.5 Å². The van der Waals surface area contributed by atoms with Crippen LogP contribution in [0.2, 0.25) is 5.02 Å². The predicted octanol–water partition coefficient (Wildman–Crippen LogP) is 2.80. The van der Waals surface area contributed by atoms with Crippen LogP contribution in [0.5, 0.6) is 0 Å². The lowest BCUT2D eigenvalue weighted by Crippen LogP contribution is -2.40. The number of rotatable bonds is 5. The van der Waals surface area contributed by atoms with Gasteiger partial charge in [0.2, 0.25) is 5.91 Å². The van der Waals surface area contributed by atoms with E-state index in [1.165, 1.54) is 0 Å². The van der Waals surface area contributed by atoms with Gasteiger partial charge in [-0.15, -0.1) is 11.8 Å². The standard InChI is InChI=1S/C15H20ClNO2S/c1-11-5-6-17(14(11)8-18)15(19)10-20-9-12-3-2-4-13(16)7-12/h2-4,7,11,14,18H,5-6,8-10H2,1H3. The Balaban J connectivity index is 1.81. The molecule has 2 unspecified atom stereocenters. The average Bonchev–Trinajstić information content (AvgIpc) is 2.80. The van der Waals surface area contributed by atoms with Crippen LogP contribution in [0, 0.1) is 5.92 Å². The van der Waals surface area contributed by atoms with Crippen molar-refractivity contribution >= 4 is 29.3 Å². The van der Waals surface area contributed by atoms with E-state index < -0.39 is 0 Å². The first-order chi connectivity index (χ1) is 9.61. The van der Waals surface area contributed by atoms with Crippen molar-refractivity contribution in [2.75, 3.05) is 18.9 Å². The van der Waals surface area contributed by atoms with Crippen molar-refractivity contribution in [3.05, 3.63) is 34.9 Å². The number of hydrogen-bond acceptors (Lipinski definition) is 3. The van der Waals surface area contributed by atoms with E-state index >= 15 is 0 Å². The largest absolute Gasteiger partial charge is 0.394 e. The molecule has 1 heterocycles. The summed E-state index contributed by atoms with van der Waals surface area (Å²) in [6, 6.07) is 7.70. The summed E-state index contributed by atoms with van der Waals surface area (Å²) in [6.45, 7) is 2.92. The lowest BCUT2D eigenvalue weighted by molar-refractivity contribution is -0.130. The summed E-state index contributed by atoms with van der Waals surface area (Å²) in [4.78, 5) is 14.0. The Hall–Kier alpha value is -0.710. The SMILES string of the molecule is CC1CCN(C(=O)CSCc2cccc(Cl)c2)C1CO. The van der Waals surface area contributed by atoms with E-state index in [1.807, 2.05) is 29.2 Å². The van der Waals surface area contributed by atoms with Gasteiger partial charge in [-0.2, -0.15) is 0 Å². The van der Waals surface area contributed by atoms with E-state index in [9.17, 15) is 9.90 Å². The van der Waals surface area contributed by atoms with Crippen LogP contribution in [0.25, 0.3) is 0 Å². The lowest BCUT2D eigenvalue weighted by Gasteiger charge is -2.25. The molecule has 3 nitrogen and oxygen atoms in total. The fourth-order valence-corrected chi connectivity index (χ4v) is 3.63. The zero-order valence-corrected chi connectivity index (χ0v) is 13.2. The molecule has 1 aromatic carbocycles. The predicted molar refractivity (Wildman–Crippen MR) is 84.0 cm³/mol. The van der Waals surface area contributed by atoms with Crippen LogP contribution in [0.4, 0.5) is 0 Å². The normalized spacial score (nSPS) is 22.2. The summed E-state index contributed by atoms with van der Waals surface area (Å²) in [5.41, 5.74) is 1.13. The van der Waals surface area contributed by atoms with E-state index in [2.05, 4.69) is 6.92 Å². The first-order valence-corrected chi connectivity index (χ1v) is 8.37. The minimum absolute atomic E-state index is 0.00531. The number of amides is 1. The van der Waals surface area contributed by atoms with Crippen LogP contribution in [0.1, 0.15) is 18.9 Å². The molecule has 0 bridgehead atoms. The monoisotopic (exact) mass is 313 g/mol. The second kappa shape index (κ2) is 7.34. The van der Waals surface area contributed by atoms with E-state index in [0.29, 0.717) is 11.7 Å². The first-order valence-electron chi connectivity index (χ1n) is 6.84. The number of thioether (sulfide) groups is 1. The minimum atomic E-state index is -0.00531. The van der Waals surface area contributed by atoms with Crippen LogP contribution in [-0.4, -0.2) is 40.9 Å². The number of carbonyl (C=O) groups is 1. The van der Waals surface area contributed by atoms with E-state index in [4.69, 9.17) is 11.6 Å². The van der Waals surface area contributed by atoms with Crippen molar-refractivity contribution in [3.8, 4) is 0 Å². The zero-order chi connectivity index (χ0) is 14.5. The molecule has 110 valence electrons. The van der Waals surface area contributed by atoms with Gasteiger partial charge in [-0.25, -0.2) is 0 Å². The van der Waals surface area contributed by atoms with Crippen LogP contribution in [0.15, 0.2) is 24.3 Å². The molecule has 0 saturated carbocycles. The molecule has 1 fully saturated rings. The minimum Gasteiger partial charge on any atom is -0.394 e. The van der Waals surface area contributed by atoms with Gasteiger partial charge in [0.1, 0.15) is 0 Å². The summed E-state index contributed by atoms with van der Waals surface area (Å²) in [5, 5.41) is 10.1. The highest BCUT2D eigenvalue weighted by Crippen LogP contribution is 2.25. The number of halogens is 1. The molecule has 2 rings (SSSR count). The molecule has 0 spiro atoms. The Morgan fingerprint density at radius 2 is 2.35 bits per heavy atom. The van der Waals surface area contributed by atoms with Crippen molar-refractivity contribution in [2.45, 2.75) is 25.1 Å². The van der Waals surface area contributed by atoms with E-state index in [-0.39, 0.29) is 18.6 Å². The number of nitrogens with zero attached hydrogens (tertiary/aromatic N) is 1. The summed E-state index contributed by atoms with van der Waals surface area (Å²) >= 11 is 7.52. The number of hydrogen-bond donors (Lipinski definition) is 1. The van der Waals surface area contributed by atoms with Crippen molar-refractivity contribution in [2.24, 2.45) is 5.92 Å². The van der Waals surface area contributed by atoms with Gasteiger partial charge >= 0.3 is 0 Å². The molecular weight excluding hydrogens is 294 g/mol. The maximum absolute atomic E-state index is 12.2. The molecule has 5 heteroatoms. The van der Waals surface area contributed by atoms with Crippen molar-refractivity contribution in [3.63, 3.8) is 0 Å². The zero-order valence-electron chi connectivity index (χ0n) is 11.6. The smallest absolute Gasteiger partial charge is 0.232 e. The number of likely N-dealkylation sites (tertiary alicyclic amines) is 1. The van der Waals surface area contributed by atoms with Gasteiger partial charge in [-0.1, -0.05) is 30.7 Å². The van der Waals surface area contributed by atoms with Gasteiger partial charge in [0.15, 0.2) is 0 Å². The lowest BCUT2D eigenvalue weighted by atomic mass is 10.0. The van der Waals surface area contributed by atoms with Crippen molar-refractivity contribution in [1.29, 1.82) is 0 Å². The molecule has 2 atom stereocenters. The van der Waals surface area contributed by atoms with Gasteiger partial charge in [-0.3, -0.25) is 4.79 Å². The van der Waals surface area contributed by atoms with Gasteiger partial charge in [0.25, 0.3) is 0 Å². The number of aliphatic hydroxyl groups excluding tert-OH is 1. The molecule has 0 aliphatic carbocycles. The Morgan fingerprint density at radius 1 is 1.55 bits per heavy atom. The third-order valence-corrected chi connectivity index (χ3v) is 5.00. The summed E-state index contributed by atoms with van der Waals surface area (Å²) in [5.74, 6) is 1.75. The molecule has 1 aliphatic rings. The van der Waals surface area contributed by atoms with E-state index in [0.717, 1.165) is 29.3 Å². The molecule has 1 saturated heterocycles. The van der Waals surface area contributed by atoms with Crippen LogP contribution in [0.3, 0.4) is 0 Å². The molecule has 0 radical (unpaired) electrons. The summed E-state index contributed by atoms with van der Waals surface area (Å²) < 4.78 is 0. The quantitative estimate of drug-likeness (QED) is 0.908. The Labute approximate surface area is 129 Å². The molecule has 0 aromatic heterocycles. The maximum Gasteiger partial charge on any atom is 0.232 e. The first kappa shape index (κ1) is 15.7. The molecule has 1 amide bonds. The fraction of sp³-hybridized carbons (Fsp3) is 0.533. The molecule has 20 heavy (non-hydrogen) atoms. The van der Waals surface area contributed by atoms with Crippen LogP contribution < -0.4 is 0 Å². The number of aliphatic hydroxyl groups is 1. The average molecular weight is 314 g/mol. The Kier molecular flexibility index (Phi) is 5.75. The van der Waals surface area contributed by atoms with Crippen molar-refractivity contribution < 1.29 is 9.90 Å². The van der Waals surface area contributed by atoms with Gasteiger partial charge in [-0.05, 0) is 30.0 Å². The fourth-order valence-electron chi connectivity index (χ4n) is 2.56. The molecule has 1 aromatic rings. The van der Waals surface area contributed by atoms with E-state index in [1.54, 1.807) is 11.8 Å². The summed E-state index contributed by atoms with van der Waals surface area (Å²) in [6.07, 6.45) is 0.982. The topological polar surface area (TPSA) is 40.5 Å². The number of carbonyl (C=O) groups excluding carboxylic acids is 1. The highest BCUT2D eigenvalue weighted by atomic mass is 35.5. The third-order valence-electron chi connectivity index (χ3n) is 3.77. The van der Waals surface area contributed by atoms with Crippen molar-refractivity contribution in [1.82, 2.24) is 4.90 Å². The second-order valence-electron chi connectivity index (χ2n) is 5.23. The molecular formula is C15H20ClNO2S. The molecule has 1 aliphatic heterocycles. The van der Waals surface area contributed by atoms with Gasteiger partial charge in [0, 0.05) is 17.3 Å². The summed E-state index contributed by atoms with van der Waals surface area (Å²) in [7, 11) is 0. The second-order valence-corrected chi connectivity index (χ2v) is 6.65. The Bertz CT molecular complexity index is 469. The third kappa shape index (κ3) is 3.90. The van der Waals surface area contributed by atoms with Gasteiger partial charge in [0.05, 0.1) is 18.4 Å². The van der Waals surface area contributed by atoms with Crippen LogP contribution >= 0.6 is 23.4 Å². The highest BCUT2D eigenvalue weighted by Gasteiger charge is 2.33. The Morgan fingerprint density at radius 3 is 3.05 bits per heavy atom. The van der Waals surface area contributed by atoms with Gasteiger partial charge < -0.3 is 10.0 Å². The molecule has 1 N–H and O–H groups in total. The maximum atomic E-state index is 12.2. The number of benzene rings is 1. The highest BCUT2D eigenvalue weighted by molar-refractivity contribution is 7.99.